The maximum Gasteiger partial charge on any atom is 0.417 e. The van der Waals surface area contributed by atoms with Crippen LogP contribution in [0.25, 0.3) is 16.6 Å². The number of carbonyl (C=O) groups is 1. The topological polar surface area (TPSA) is 123 Å². The number of carbonyl (C=O) groups excluding carboxylic acids is 1. The molecule has 1 saturated heterocycles. The van der Waals surface area contributed by atoms with Gasteiger partial charge >= 0.3 is 12.2 Å². The third-order valence-corrected chi connectivity index (χ3v) is 5.93. The lowest BCUT2D eigenvalue weighted by atomic mass is 10.1. The molecule has 10 nitrogen and oxygen atoms in total. The molecule has 0 saturated carbocycles. The van der Waals surface area contributed by atoms with Gasteiger partial charge in [0.2, 0.25) is 0 Å². The molecule has 2 amide bonds. The van der Waals surface area contributed by atoms with Crippen LogP contribution in [0.3, 0.4) is 0 Å². The van der Waals surface area contributed by atoms with Gasteiger partial charge in [-0.15, -0.1) is 0 Å². The molecule has 13 heteroatoms. The summed E-state index contributed by atoms with van der Waals surface area (Å²) in [5.41, 5.74) is 9.15. The van der Waals surface area contributed by atoms with Crippen molar-refractivity contribution in [3.05, 3.63) is 66.2 Å². The van der Waals surface area contributed by atoms with Gasteiger partial charge in [0.25, 0.3) is 0 Å². The zero-order chi connectivity index (χ0) is 26.0. The second-order valence-electron chi connectivity index (χ2n) is 8.43. The lowest BCUT2D eigenvalue weighted by molar-refractivity contribution is -0.137. The number of ether oxygens (including phenoxy) is 1. The predicted octanol–water partition coefficient (Wildman–Crippen LogP) is 3.87. The van der Waals surface area contributed by atoms with E-state index in [0.717, 1.165) is 42.0 Å². The Bertz CT molecular complexity index is 1400. The molecule has 192 valence electrons. The number of urea groups is 1. The van der Waals surface area contributed by atoms with Crippen molar-refractivity contribution < 1.29 is 22.7 Å². The van der Waals surface area contributed by atoms with Crippen molar-refractivity contribution in [2.75, 3.05) is 42.7 Å². The third kappa shape index (κ3) is 5.47. The summed E-state index contributed by atoms with van der Waals surface area (Å²) < 4.78 is 45.3. The molecule has 4 aromatic rings. The number of halogens is 3. The van der Waals surface area contributed by atoms with E-state index in [1.807, 2.05) is 18.2 Å². The van der Waals surface area contributed by atoms with E-state index in [0.29, 0.717) is 43.0 Å². The number of morpholine rings is 1. The molecule has 0 spiro atoms. The van der Waals surface area contributed by atoms with Crippen LogP contribution >= 0.6 is 0 Å². The van der Waals surface area contributed by atoms with Gasteiger partial charge in [-0.3, -0.25) is 10.2 Å². The number of anilines is 3. The molecular weight excluding hydrogens is 489 g/mol. The molecule has 3 aromatic heterocycles. The smallest absolute Gasteiger partial charge is 0.382 e. The highest BCUT2D eigenvalue weighted by atomic mass is 19.4. The van der Waals surface area contributed by atoms with Crippen LogP contribution in [0.5, 0.6) is 0 Å². The summed E-state index contributed by atoms with van der Waals surface area (Å²) in [7, 11) is 0. The molecule has 0 unspecified atom stereocenters. The summed E-state index contributed by atoms with van der Waals surface area (Å²) in [5, 5.41) is 9.45. The van der Waals surface area contributed by atoms with Gasteiger partial charge in [-0.25, -0.2) is 19.3 Å². The maximum atomic E-state index is 12.7. The van der Waals surface area contributed by atoms with Crippen molar-refractivity contribution in [3.8, 4) is 11.1 Å². The highest BCUT2D eigenvalue weighted by molar-refractivity contribution is 5.99. The Morgan fingerprint density at radius 2 is 1.81 bits per heavy atom. The van der Waals surface area contributed by atoms with Crippen LogP contribution in [0.2, 0.25) is 0 Å². The van der Waals surface area contributed by atoms with Gasteiger partial charge in [0.15, 0.2) is 5.82 Å². The number of benzene rings is 1. The average Bonchev–Trinajstić information content (AvgIpc) is 3.24. The van der Waals surface area contributed by atoms with Gasteiger partial charge in [-0.1, -0.05) is 12.1 Å². The van der Waals surface area contributed by atoms with E-state index in [9.17, 15) is 18.0 Å². The Balaban J connectivity index is 1.31. The second-order valence-corrected chi connectivity index (χ2v) is 8.43. The minimum atomic E-state index is -4.50. The van der Waals surface area contributed by atoms with Crippen molar-refractivity contribution in [1.82, 2.24) is 24.5 Å². The van der Waals surface area contributed by atoms with Gasteiger partial charge in [0.05, 0.1) is 24.5 Å². The number of amides is 2. The fourth-order valence-electron chi connectivity index (χ4n) is 4.10. The number of nitrogens with one attached hydrogen (secondary N) is 2. The van der Waals surface area contributed by atoms with E-state index < -0.39 is 17.8 Å². The van der Waals surface area contributed by atoms with Gasteiger partial charge in [-0.2, -0.15) is 18.3 Å². The lowest BCUT2D eigenvalue weighted by Gasteiger charge is -2.26. The number of pyridine rings is 1. The number of aromatic nitrogens is 4. The summed E-state index contributed by atoms with van der Waals surface area (Å²) in [6, 6.07) is 10.4. The molecule has 0 bridgehead atoms. The number of hydrogen-bond acceptors (Lipinski definition) is 7. The van der Waals surface area contributed by atoms with Crippen LogP contribution in [0.1, 0.15) is 11.3 Å². The second kappa shape index (κ2) is 10.0. The minimum absolute atomic E-state index is 0.00864. The molecule has 4 N–H and O–H groups in total. The zero-order valence-electron chi connectivity index (χ0n) is 19.5. The predicted molar refractivity (Wildman–Crippen MR) is 131 cm³/mol. The quantitative estimate of drug-likeness (QED) is 0.371. The number of fused-ring (bicyclic) bond motifs is 1. The Morgan fingerprint density at radius 3 is 2.49 bits per heavy atom. The van der Waals surface area contributed by atoms with Crippen LogP contribution in [-0.4, -0.2) is 56.8 Å². The molecule has 5 rings (SSSR count). The Kier molecular flexibility index (Phi) is 6.63. The summed E-state index contributed by atoms with van der Waals surface area (Å²) in [6.07, 6.45) is -2.41. The fraction of sp³-hybridized carbons (Fsp3) is 0.250. The number of nitrogens with zero attached hydrogens (tertiary/aromatic N) is 5. The first-order valence-corrected chi connectivity index (χ1v) is 11.4. The monoisotopic (exact) mass is 512 g/mol. The van der Waals surface area contributed by atoms with Crippen LogP contribution in [-0.2, 0) is 17.5 Å². The molecule has 1 aliphatic heterocycles. The molecule has 1 aromatic carbocycles. The van der Waals surface area contributed by atoms with E-state index in [1.165, 1.54) is 6.33 Å². The summed E-state index contributed by atoms with van der Waals surface area (Å²) >= 11 is 0. The normalized spacial score (nSPS) is 14.6. The molecule has 4 heterocycles. The number of alkyl halides is 3. The zero-order valence-corrected chi connectivity index (χ0v) is 19.5. The maximum absolute atomic E-state index is 12.7. The molecule has 0 aliphatic carbocycles. The van der Waals surface area contributed by atoms with Gasteiger partial charge in [0.1, 0.15) is 17.7 Å². The van der Waals surface area contributed by atoms with Gasteiger partial charge in [-0.05, 0) is 35.9 Å². The fourth-order valence-corrected chi connectivity index (χ4v) is 4.10. The molecule has 1 aliphatic rings. The van der Waals surface area contributed by atoms with Crippen LogP contribution in [0, 0.1) is 0 Å². The summed E-state index contributed by atoms with van der Waals surface area (Å²) in [5.74, 6) is 0.342. The minimum Gasteiger partial charge on any atom is -0.382 e. The Labute approximate surface area is 209 Å². The third-order valence-electron chi connectivity index (χ3n) is 5.93. The highest BCUT2D eigenvalue weighted by Gasteiger charge is 2.30. The first-order valence-electron chi connectivity index (χ1n) is 11.4. The molecule has 0 atom stereocenters. The molecular formula is C24H23F3N8O2. The van der Waals surface area contributed by atoms with E-state index in [1.54, 1.807) is 16.6 Å². The van der Waals surface area contributed by atoms with Gasteiger partial charge in [0, 0.05) is 37.1 Å². The first-order chi connectivity index (χ1) is 17.8. The van der Waals surface area contributed by atoms with E-state index in [2.05, 4.69) is 30.6 Å². The first kappa shape index (κ1) is 24.5. The number of rotatable bonds is 5. The SMILES string of the molecule is Nc1ncnn2c(CN3CCOCC3)cc(-c3ccc(NC(=O)Nc4ccc(C(F)(F)F)cn4)cc3)c12. The lowest BCUT2D eigenvalue weighted by Crippen LogP contribution is -2.36. The van der Waals surface area contributed by atoms with Crippen LogP contribution < -0.4 is 16.4 Å². The van der Waals surface area contributed by atoms with Crippen LogP contribution in [0.15, 0.2) is 55.0 Å². The van der Waals surface area contributed by atoms with E-state index in [4.69, 9.17) is 10.5 Å². The standard InChI is InChI=1S/C24H23F3N8O2/c25-24(26,27)16-3-6-20(29-12-16)33-23(36)32-17-4-1-15(2-5-17)19-11-18(13-34-7-9-37-10-8-34)35-21(19)22(28)30-14-31-35/h1-6,11-12,14H,7-10,13H2,(H2,28,30,31)(H2,29,32,33,36). The van der Waals surface area contributed by atoms with Gasteiger partial charge < -0.3 is 15.8 Å². The van der Waals surface area contributed by atoms with E-state index in [-0.39, 0.29) is 5.82 Å². The van der Waals surface area contributed by atoms with Crippen molar-refractivity contribution in [1.29, 1.82) is 0 Å². The van der Waals surface area contributed by atoms with Crippen molar-refractivity contribution >= 4 is 28.9 Å². The molecule has 1 fully saturated rings. The summed E-state index contributed by atoms with van der Waals surface area (Å²) in [6.45, 7) is 3.70. The largest absolute Gasteiger partial charge is 0.417 e. The Morgan fingerprint density at radius 1 is 1.05 bits per heavy atom. The Hall–Kier alpha value is -4.23. The van der Waals surface area contributed by atoms with Crippen molar-refractivity contribution in [2.24, 2.45) is 0 Å². The average molecular weight is 512 g/mol. The number of hydrogen-bond donors (Lipinski definition) is 3. The highest BCUT2D eigenvalue weighted by Crippen LogP contribution is 2.32. The van der Waals surface area contributed by atoms with Crippen molar-refractivity contribution in [3.63, 3.8) is 0 Å². The van der Waals surface area contributed by atoms with Crippen molar-refractivity contribution in [2.45, 2.75) is 12.7 Å². The number of nitrogens with two attached hydrogens (primary N) is 1. The summed E-state index contributed by atoms with van der Waals surface area (Å²) in [4.78, 5) is 22.4. The van der Waals surface area contributed by atoms with Crippen LogP contribution in [0.4, 0.5) is 35.3 Å². The van der Waals surface area contributed by atoms with E-state index >= 15 is 0 Å². The molecule has 37 heavy (non-hydrogen) atoms. The molecule has 0 radical (unpaired) electrons. The number of nitrogen functional groups attached to an aromatic ring is 1.